The maximum atomic E-state index is 12.6. The summed E-state index contributed by atoms with van der Waals surface area (Å²) in [4.78, 5) is 33.2. The number of anilines is 2. The third-order valence-corrected chi connectivity index (χ3v) is 3.45. The summed E-state index contributed by atoms with van der Waals surface area (Å²) >= 11 is 0. The van der Waals surface area contributed by atoms with Crippen LogP contribution in [0.1, 0.15) is 10.4 Å². The van der Waals surface area contributed by atoms with Crippen molar-refractivity contribution in [3.63, 3.8) is 0 Å². The molecule has 0 saturated carbocycles. The number of aromatic nitrogens is 2. The lowest BCUT2D eigenvalue weighted by Gasteiger charge is -2.16. The van der Waals surface area contributed by atoms with E-state index in [-0.39, 0.29) is 11.5 Å². The maximum Gasteiger partial charge on any atom is 0.256 e. The van der Waals surface area contributed by atoms with Gasteiger partial charge in [-0.1, -0.05) is 18.2 Å². The van der Waals surface area contributed by atoms with Crippen LogP contribution in [0.5, 0.6) is 0 Å². The lowest BCUT2D eigenvalue weighted by Crippen LogP contribution is -2.19. The average molecular weight is 308 g/mol. The molecule has 0 unspecified atom stereocenters. The number of rotatable bonds is 3. The average Bonchev–Trinajstić information content (AvgIpc) is 2.54. The van der Waals surface area contributed by atoms with E-state index in [1.165, 1.54) is 6.07 Å². The van der Waals surface area contributed by atoms with Crippen LogP contribution < -0.4 is 15.8 Å². The van der Waals surface area contributed by atoms with E-state index in [4.69, 9.17) is 0 Å². The second-order valence-corrected chi connectivity index (χ2v) is 5.32. The summed E-state index contributed by atoms with van der Waals surface area (Å²) in [5.41, 5.74) is 1.24. The van der Waals surface area contributed by atoms with Crippen molar-refractivity contribution in [1.29, 1.82) is 0 Å². The van der Waals surface area contributed by atoms with E-state index in [1.807, 2.05) is 31.1 Å². The molecule has 0 aliphatic rings. The largest absolute Gasteiger partial charge is 0.361 e. The number of para-hydroxylation sites is 1. The molecular weight excluding hydrogens is 292 g/mol. The number of amides is 1. The Hall–Kier alpha value is -3.15. The van der Waals surface area contributed by atoms with Gasteiger partial charge in [-0.15, -0.1) is 0 Å². The van der Waals surface area contributed by atoms with Gasteiger partial charge >= 0.3 is 0 Å². The van der Waals surface area contributed by atoms with Crippen LogP contribution in [0.3, 0.4) is 0 Å². The Morgan fingerprint density at radius 1 is 1.17 bits per heavy atom. The van der Waals surface area contributed by atoms with Crippen molar-refractivity contribution in [2.45, 2.75) is 0 Å². The zero-order valence-corrected chi connectivity index (χ0v) is 12.8. The number of carbonyl (C=O) groups excluding carboxylic acids is 1. The number of pyridine rings is 2. The topological polar surface area (TPSA) is 78.1 Å². The van der Waals surface area contributed by atoms with Crippen molar-refractivity contribution in [2.75, 3.05) is 24.3 Å². The molecule has 2 aromatic heterocycles. The molecule has 6 heteroatoms. The van der Waals surface area contributed by atoms with Crippen LogP contribution in [-0.2, 0) is 0 Å². The van der Waals surface area contributed by atoms with E-state index < -0.39 is 0 Å². The zero-order chi connectivity index (χ0) is 16.4. The van der Waals surface area contributed by atoms with Gasteiger partial charge in [0.15, 0.2) is 5.82 Å². The van der Waals surface area contributed by atoms with Gasteiger partial charge in [0.05, 0.1) is 11.3 Å². The van der Waals surface area contributed by atoms with Gasteiger partial charge in [-0.25, -0.2) is 4.98 Å². The monoisotopic (exact) mass is 308 g/mol. The SMILES string of the molecule is CN(C)c1ncccc1NC(=O)c1cc(=O)[nH]c2ccccc12. The number of fused-ring (bicyclic) bond motifs is 1. The molecule has 0 saturated heterocycles. The quantitative estimate of drug-likeness (QED) is 0.778. The Labute approximate surface area is 132 Å². The smallest absolute Gasteiger partial charge is 0.256 e. The first-order valence-electron chi connectivity index (χ1n) is 7.12. The third-order valence-electron chi connectivity index (χ3n) is 3.45. The van der Waals surface area contributed by atoms with E-state index in [1.54, 1.807) is 30.5 Å². The number of hydrogen-bond donors (Lipinski definition) is 2. The maximum absolute atomic E-state index is 12.6. The summed E-state index contributed by atoms with van der Waals surface area (Å²) in [5, 5.41) is 3.53. The van der Waals surface area contributed by atoms with Crippen molar-refractivity contribution < 1.29 is 4.79 Å². The molecule has 0 aliphatic heterocycles. The van der Waals surface area contributed by atoms with Crippen LogP contribution in [0.15, 0.2) is 53.5 Å². The number of aromatic amines is 1. The van der Waals surface area contributed by atoms with Gasteiger partial charge in [0, 0.05) is 37.3 Å². The Morgan fingerprint density at radius 2 is 1.96 bits per heavy atom. The molecule has 0 radical (unpaired) electrons. The molecule has 6 nitrogen and oxygen atoms in total. The molecule has 3 aromatic rings. The van der Waals surface area contributed by atoms with Crippen LogP contribution in [0.2, 0.25) is 0 Å². The highest BCUT2D eigenvalue weighted by atomic mass is 16.2. The highest BCUT2D eigenvalue weighted by Crippen LogP contribution is 2.22. The van der Waals surface area contributed by atoms with Crippen molar-refractivity contribution >= 4 is 28.3 Å². The molecule has 116 valence electrons. The minimum atomic E-state index is -0.344. The van der Waals surface area contributed by atoms with Crippen molar-refractivity contribution in [1.82, 2.24) is 9.97 Å². The number of hydrogen-bond acceptors (Lipinski definition) is 4. The van der Waals surface area contributed by atoms with Gasteiger partial charge in [0.1, 0.15) is 0 Å². The molecule has 0 aliphatic carbocycles. The summed E-state index contributed by atoms with van der Waals surface area (Å²) < 4.78 is 0. The first kappa shape index (κ1) is 14.8. The van der Waals surface area contributed by atoms with Crippen LogP contribution >= 0.6 is 0 Å². The summed E-state index contributed by atoms with van der Waals surface area (Å²) in [5.74, 6) is 0.304. The first-order valence-corrected chi connectivity index (χ1v) is 7.12. The van der Waals surface area contributed by atoms with Crippen molar-refractivity contribution in [3.05, 3.63) is 64.6 Å². The molecule has 1 aromatic carbocycles. The Balaban J connectivity index is 2.04. The van der Waals surface area contributed by atoms with E-state index in [0.717, 1.165) is 0 Å². The lowest BCUT2D eigenvalue weighted by molar-refractivity contribution is 0.102. The third kappa shape index (κ3) is 2.91. The molecule has 23 heavy (non-hydrogen) atoms. The first-order chi connectivity index (χ1) is 11.1. The minimum Gasteiger partial charge on any atom is -0.361 e. The van der Waals surface area contributed by atoms with Crippen LogP contribution in [0.4, 0.5) is 11.5 Å². The van der Waals surface area contributed by atoms with Gasteiger partial charge < -0.3 is 15.2 Å². The number of nitrogens with one attached hydrogen (secondary N) is 2. The van der Waals surface area contributed by atoms with E-state index in [2.05, 4.69) is 15.3 Å². The van der Waals surface area contributed by atoms with E-state index in [9.17, 15) is 9.59 Å². The van der Waals surface area contributed by atoms with Gasteiger partial charge in [0.25, 0.3) is 5.91 Å². The van der Waals surface area contributed by atoms with Crippen LogP contribution in [-0.4, -0.2) is 30.0 Å². The summed E-state index contributed by atoms with van der Waals surface area (Å²) in [6, 6.07) is 12.0. The Bertz CT molecular complexity index is 931. The molecule has 0 spiro atoms. The van der Waals surface area contributed by atoms with Gasteiger partial charge in [-0.2, -0.15) is 0 Å². The van der Waals surface area contributed by atoms with Crippen LogP contribution in [0.25, 0.3) is 10.9 Å². The van der Waals surface area contributed by atoms with Crippen LogP contribution in [0, 0.1) is 0 Å². The van der Waals surface area contributed by atoms with Gasteiger partial charge in [-0.05, 0) is 18.2 Å². The second-order valence-electron chi connectivity index (χ2n) is 5.32. The fraction of sp³-hybridized carbons (Fsp3) is 0.118. The van der Waals surface area contributed by atoms with E-state index >= 15 is 0 Å². The lowest BCUT2D eigenvalue weighted by atomic mass is 10.1. The predicted molar refractivity (Wildman–Crippen MR) is 91.1 cm³/mol. The Kier molecular flexibility index (Phi) is 3.80. The highest BCUT2D eigenvalue weighted by molar-refractivity contribution is 6.13. The molecule has 2 heterocycles. The van der Waals surface area contributed by atoms with Crippen molar-refractivity contribution in [2.24, 2.45) is 0 Å². The zero-order valence-electron chi connectivity index (χ0n) is 12.8. The predicted octanol–water partition coefficient (Wildman–Crippen LogP) is 2.24. The van der Waals surface area contributed by atoms with Gasteiger partial charge in [0.2, 0.25) is 5.56 Å². The highest BCUT2D eigenvalue weighted by Gasteiger charge is 2.14. The Morgan fingerprint density at radius 3 is 2.74 bits per heavy atom. The fourth-order valence-corrected chi connectivity index (χ4v) is 2.43. The molecular formula is C17H16N4O2. The molecule has 0 atom stereocenters. The normalized spacial score (nSPS) is 10.5. The minimum absolute atomic E-state index is 0.312. The number of nitrogens with zero attached hydrogens (tertiary/aromatic N) is 2. The summed E-state index contributed by atoms with van der Waals surface area (Å²) in [7, 11) is 3.70. The van der Waals surface area contributed by atoms with E-state index in [0.29, 0.717) is 28.0 Å². The second kappa shape index (κ2) is 5.92. The summed E-state index contributed by atoms with van der Waals surface area (Å²) in [6.45, 7) is 0. The number of carbonyl (C=O) groups is 1. The number of benzene rings is 1. The number of H-pyrrole nitrogens is 1. The molecule has 0 bridgehead atoms. The molecule has 3 rings (SSSR count). The standard InChI is InChI=1S/C17H16N4O2/c1-21(2)16-14(8-5-9-18-16)20-17(23)12-10-15(22)19-13-7-4-3-6-11(12)13/h3-10H,1-2H3,(H,19,22)(H,20,23). The summed E-state index contributed by atoms with van der Waals surface area (Å²) in [6.07, 6.45) is 1.66. The molecule has 2 N–H and O–H groups in total. The molecule has 1 amide bonds. The molecule has 0 fully saturated rings. The van der Waals surface area contributed by atoms with Crippen molar-refractivity contribution in [3.8, 4) is 0 Å². The fourth-order valence-electron chi connectivity index (χ4n) is 2.43. The van der Waals surface area contributed by atoms with Gasteiger partial charge in [-0.3, -0.25) is 9.59 Å².